The minimum Gasteiger partial charge on any atom is -0.272 e. The first kappa shape index (κ1) is 6.92. The number of rotatable bonds is 1. The summed E-state index contributed by atoms with van der Waals surface area (Å²) in [6.07, 6.45) is 1.36. The van der Waals surface area contributed by atoms with Crippen molar-refractivity contribution in [2.24, 2.45) is 4.99 Å². The van der Waals surface area contributed by atoms with E-state index in [0.29, 0.717) is 5.88 Å². The minimum absolute atomic E-state index is 0.236. The summed E-state index contributed by atoms with van der Waals surface area (Å²) in [6.45, 7) is 0. The van der Waals surface area contributed by atoms with Gasteiger partial charge < -0.3 is 0 Å². The van der Waals surface area contributed by atoms with Crippen LogP contribution in [0.2, 0.25) is 0 Å². The van der Waals surface area contributed by atoms with E-state index in [2.05, 4.69) is 4.99 Å². The van der Waals surface area contributed by atoms with E-state index in [1.54, 1.807) is 0 Å². The Morgan fingerprint density at radius 1 is 1.86 bits per heavy atom. The first-order valence-corrected chi connectivity index (χ1v) is 2.51. The van der Waals surface area contributed by atoms with Crippen molar-refractivity contribution in [2.45, 2.75) is 0 Å². The van der Waals surface area contributed by atoms with Crippen LogP contribution in [-0.2, 0) is 0 Å². The van der Waals surface area contributed by atoms with Crippen LogP contribution in [0.15, 0.2) is 4.99 Å². The van der Waals surface area contributed by atoms with Crippen molar-refractivity contribution in [3.05, 3.63) is 0 Å². The lowest BCUT2D eigenvalue weighted by molar-refractivity contribution is 1.50. The molecular weight excluding hydrogens is 135 g/mol. The molecule has 0 aliphatic heterocycles. The summed E-state index contributed by atoms with van der Waals surface area (Å²) in [5.41, 5.74) is 0. The number of halogens is 2. The molecule has 0 spiro atoms. The number of alkyl halides is 1. The number of amidine groups is 1. The van der Waals surface area contributed by atoms with E-state index in [9.17, 15) is 0 Å². The summed E-state index contributed by atoms with van der Waals surface area (Å²) in [4.78, 5) is 3.33. The Labute approximate surface area is 51.7 Å². The third kappa shape index (κ3) is 5.92. The third-order valence-corrected chi connectivity index (χ3v) is 0.509. The molecule has 0 unspecified atom stereocenters. The fourth-order valence-corrected chi connectivity index (χ4v) is 0.253. The lowest BCUT2D eigenvalue weighted by Crippen LogP contribution is -1.78. The molecule has 0 fully saturated rings. The molecule has 7 heavy (non-hydrogen) atoms. The van der Waals surface area contributed by atoms with Gasteiger partial charge in [0, 0.05) is 6.21 Å². The molecule has 0 rings (SSSR count). The highest BCUT2D eigenvalue weighted by molar-refractivity contribution is 6.64. The van der Waals surface area contributed by atoms with Crippen LogP contribution in [0.3, 0.4) is 0 Å². The van der Waals surface area contributed by atoms with E-state index in [0.717, 1.165) is 0 Å². The number of hydrogen-bond donors (Lipinski definition) is 1. The van der Waals surface area contributed by atoms with Crippen LogP contribution in [0, 0.1) is 5.41 Å². The summed E-state index contributed by atoms with van der Waals surface area (Å²) in [6, 6.07) is 0. The molecule has 0 aromatic heterocycles. The molecule has 0 saturated heterocycles. The van der Waals surface area contributed by atoms with Gasteiger partial charge in [0.05, 0.1) is 5.88 Å². The van der Waals surface area contributed by atoms with E-state index in [1.165, 1.54) is 6.21 Å². The van der Waals surface area contributed by atoms with Crippen molar-refractivity contribution in [1.82, 2.24) is 0 Å². The van der Waals surface area contributed by atoms with Crippen LogP contribution in [-0.4, -0.2) is 17.4 Å². The van der Waals surface area contributed by atoms with Crippen LogP contribution >= 0.6 is 23.2 Å². The molecular formula is C3H4Cl2N2. The summed E-state index contributed by atoms with van der Waals surface area (Å²) < 4.78 is 0. The lowest BCUT2D eigenvalue weighted by atomic mass is 10.9. The molecule has 0 bridgehead atoms. The quantitative estimate of drug-likeness (QED) is 0.247. The van der Waals surface area contributed by atoms with Gasteiger partial charge in [0.2, 0.25) is 5.29 Å². The van der Waals surface area contributed by atoms with Crippen molar-refractivity contribution in [3.63, 3.8) is 0 Å². The molecule has 0 heterocycles. The molecule has 0 radical (unpaired) electrons. The van der Waals surface area contributed by atoms with Crippen molar-refractivity contribution in [1.29, 1.82) is 5.41 Å². The molecule has 40 valence electrons. The fraction of sp³-hybridized carbons (Fsp3) is 0.333. The molecule has 0 aliphatic rings. The average molecular weight is 139 g/mol. The number of nitrogens with one attached hydrogen (secondary N) is 1. The predicted octanol–water partition coefficient (Wildman–Crippen LogP) is 1.47. The molecule has 2 nitrogen and oxygen atoms in total. The standard InChI is InChI=1S/C3H4Cl2N2/c4-1-2-7-3(5)6/h2,6H,1H2/b6-3?,7-2-. The van der Waals surface area contributed by atoms with Crippen molar-refractivity contribution >= 4 is 34.7 Å². The average Bonchev–Trinajstić information content (AvgIpc) is 1.61. The maximum Gasteiger partial charge on any atom is 0.214 e. The van der Waals surface area contributed by atoms with Crippen molar-refractivity contribution in [2.75, 3.05) is 5.88 Å². The molecule has 0 saturated carbocycles. The Bertz CT molecular complexity index is 88.9. The SMILES string of the molecule is N=C(Cl)/N=C\CCl. The Morgan fingerprint density at radius 3 is 2.57 bits per heavy atom. The molecule has 4 heteroatoms. The van der Waals surface area contributed by atoms with Gasteiger partial charge in [-0.2, -0.15) is 0 Å². The maximum atomic E-state index is 6.51. The van der Waals surface area contributed by atoms with Crippen molar-refractivity contribution in [3.8, 4) is 0 Å². The maximum absolute atomic E-state index is 6.51. The normalized spacial score (nSPS) is 10.0. The Morgan fingerprint density at radius 2 is 2.43 bits per heavy atom. The molecule has 0 aliphatic carbocycles. The molecule has 1 N–H and O–H groups in total. The van der Waals surface area contributed by atoms with Gasteiger partial charge >= 0.3 is 0 Å². The number of nitrogens with zero attached hydrogens (tertiary/aromatic N) is 1. The molecule has 0 atom stereocenters. The Balaban J connectivity index is 3.26. The van der Waals surface area contributed by atoms with Gasteiger partial charge in [-0.15, -0.1) is 11.6 Å². The highest BCUT2D eigenvalue weighted by atomic mass is 35.5. The zero-order chi connectivity index (χ0) is 5.70. The van der Waals surface area contributed by atoms with Gasteiger partial charge in [-0.05, 0) is 11.6 Å². The number of hydrogen-bond acceptors (Lipinski definition) is 1. The van der Waals surface area contributed by atoms with E-state index in [1.807, 2.05) is 0 Å². The van der Waals surface area contributed by atoms with Crippen LogP contribution in [0.25, 0.3) is 0 Å². The summed E-state index contributed by atoms with van der Waals surface area (Å²) >= 11 is 10.1. The smallest absolute Gasteiger partial charge is 0.214 e. The van der Waals surface area contributed by atoms with Crippen LogP contribution in [0.5, 0.6) is 0 Å². The largest absolute Gasteiger partial charge is 0.272 e. The molecule has 0 aromatic carbocycles. The monoisotopic (exact) mass is 138 g/mol. The highest BCUT2D eigenvalue weighted by Gasteiger charge is 1.75. The second-order valence-electron chi connectivity index (χ2n) is 0.757. The molecule has 0 aromatic rings. The van der Waals surface area contributed by atoms with Crippen LogP contribution < -0.4 is 0 Å². The van der Waals surface area contributed by atoms with Crippen LogP contribution in [0.1, 0.15) is 0 Å². The second kappa shape index (κ2) is 4.09. The van der Waals surface area contributed by atoms with E-state index in [4.69, 9.17) is 28.6 Å². The number of aliphatic imine (C=N–C) groups is 1. The van der Waals surface area contributed by atoms with Gasteiger partial charge in [0.25, 0.3) is 0 Å². The summed E-state index contributed by atoms with van der Waals surface area (Å²) in [7, 11) is 0. The summed E-state index contributed by atoms with van der Waals surface area (Å²) in [5, 5.41) is 6.27. The van der Waals surface area contributed by atoms with E-state index in [-0.39, 0.29) is 5.29 Å². The van der Waals surface area contributed by atoms with Gasteiger partial charge in [-0.3, -0.25) is 5.41 Å². The summed E-state index contributed by atoms with van der Waals surface area (Å²) in [5.74, 6) is 0.301. The zero-order valence-corrected chi connectivity index (χ0v) is 5.00. The minimum atomic E-state index is -0.236. The van der Waals surface area contributed by atoms with Gasteiger partial charge in [0.15, 0.2) is 0 Å². The first-order chi connectivity index (χ1) is 3.27. The van der Waals surface area contributed by atoms with Gasteiger partial charge in [-0.1, -0.05) is 0 Å². The van der Waals surface area contributed by atoms with Crippen LogP contribution in [0.4, 0.5) is 0 Å². The lowest BCUT2D eigenvalue weighted by Gasteiger charge is -1.74. The fourth-order valence-electron chi connectivity index (χ4n) is 0.115. The van der Waals surface area contributed by atoms with Gasteiger partial charge in [-0.25, -0.2) is 4.99 Å². The van der Waals surface area contributed by atoms with Gasteiger partial charge in [0.1, 0.15) is 0 Å². The third-order valence-electron chi connectivity index (χ3n) is 0.274. The zero-order valence-electron chi connectivity index (χ0n) is 3.49. The highest BCUT2D eigenvalue weighted by Crippen LogP contribution is 1.79. The Hall–Kier alpha value is -0.0800. The predicted molar refractivity (Wildman–Crippen MR) is 32.8 cm³/mol. The van der Waals surface area contributed by atoms with E-state index >= 15 is 0 Å². The molecule has 0 amide bonds. The van der Waals surface area contributed by atoms with Crippen molar-refractivity contribution < 1.29 is 0 Å². The second-order valence-corrected chi connectivity index (χ2v) is 1.42. The first-order valence-electron chi connectivity index (χ1n) is 1.60. The van der Waals surface area contributed by atoms with E-state index < -0.39 is 0 Å². The topological polar surface area (TPSA) is 36.2 Å². The Kier molecular flexibility index (Phi) is 4.04.